The molecule has 1 saturated heterocycles. The third kappa shape index (κ3) is 2.09. The first-order chi connectivity index (χ1) is 9.57. The zero-order chi connectivity index (χ0) is 14.3. The average molecular weight is 336 g/mol. The molecule has 2 heterocycles. The van der Waals surface area contributed by atoms with Crippen LogP contribution in [-0.4, -0.2) is 22.6 Å². The highest BCUT2D eigenvalue weighted by molar-refractivity contribution is 9.10. The van der Waals surface area contributed by atoms with Crippen LogP contribution in [0.1, 0.15) is 45.5 Å². The maximum atomic E-state index is 5.01. The van der Waals surface area contributed by atoms with Gasteiger partial charge >= 0.3 is 0 Å². The summed E-state index contributed by atoms with van der Waals surface area (Å²) in [6, 6.07) is 6.85. The Labute approximate surface area is 128 Å². The second-order valence-corrected chi connectivity index (χ2v) is 7.01. The van der Waals surface area contributed by atoms with Gasteiger partial charge in [0.05, 0.1) is 11.0 Å². The van der Waals surface area contributed by atoms with Crippen molar-refractivity contribution in [1.82, 2.24) is 14.9 Å². The molecule has 1 N–H and O–H groups in total. The molecule has 0 amide bonds. The summed E-state index contributed by atoms with van der Waals surface area (Å²) in [5.74, 6) is 1.26. The fraction of sp³-hybridized carbons (Fsp3) is 0.562. The summed E-state index contributed by atoms with van der Waals surface area (Å²) in [5.41, 5.74) is 2.54. The Balaban J connectivity index is 2.26. The Kier molecular flexibility index (Phi) is 3.63. The molecule has 108 valence electrons. The quantitative estimate of drug-likeness (QED) is 0.917. The maximum Gasteiger partial charge on any atom is 0.117 e. The standard InChI is InChI=1S/C16H22BrN3/c1-4-16(7-8-18-10-16)15-19-13-9-12(17)5-6-14(13)20(15)11(2)3/h5-6,9,11,18H,4,7-8,10H2,1-3H3. The second kappa shape index (κ2) is 5.15. The Morgan fingerprint density at radius 3 is 2.85 bits per heavy atom. The van der Waals surface area contributed by atoms with Crippen molar-refractivity contribution >= 4 is 27.0 Å². The van der Waals surface area contributed by atoms with Gasteiger partial charge in [0, 0.05) is 22.5 Å². The average Bonchev–Trinajstić information content (AvgIpc) is 3.02. The van der Waals surface area contributed by atoms with Gasteiger partial charge in [-0.05, 0) is 51.4 Å². The number of halogens is 1. The molecule has 0 bridgehead atoms. The highest BCUT2D eigenvalue weighted by atomic mass is 79.9. The van der Waals surface area contributed by atoms with Gasteiger partial charge in [-0.2, -0.15) is 0 Å². The topological polar surface area (TPSA) is 29.9 Å². The Morgan fingerprint density at radius 2 is 2.25 bits per heavy atom. The summed E-state index contributed by atoms with van der Waals surface area (Å²) in [5, 5.41) is 3.52. The Bertz CT molecular complexity index is 624. The number of hydrogen-bond donors (Lipinski definition) is 1. The fourth-order valence-electron chi connectivity index (χ4n) is 3.36. The molecule has 0 aliphatic carbocycles. The lowest BCUT2D eigenvalue weighted by Crippen LogP contribution is -2.32. The summed E-state index contributed by atoms with van der Waals surface area (Å²) in [6.45, 7) is 8.92. The van der Waals surface area contributed by atoms with Crippen LogP contribution in [-0.2, 0) is 5.41 Å². The minimum absolute atomic E-state index is 0.190. The zero-order valence-electron chi connectivity index (χ0n) is 12.4. The largest absolute Gasteiger partial charge is 0.325 e. The van der Waals surface area contributed by atoms with E-state index in [2.05, 4.69) is 64.8 Å². The van der Waals surface area contributed by atoms with Crippen molar-refractivity contribution in [2.24, 2.45) is 0 Å². The predicted molar refractivity (Wildman–Crippen MR) is 87.3 cm³/mol. The van der Waals surface area contributed by atoms with Crippen LogP contribution in [0.4, 0.5) is 0 Å². The molecule has 0 spiro atoms. The molecule has 1 aromatic carbocycles. The maximum absolute atomic E-state index is 5.01. The van der Waals surface area contributed by atoms with Crippen LogP contribution in [0.3, 0.4) is 0 Å². The number of fused-ring (bicyclic) bond motifs is 1. The number of benzene rings is 1. The van der Waals surface area contributed by atoms with E-state index in [9.17, 15) is 0 Å². The minimum atomic E-state index is 0.190. The van der Waals surface area contributed by atoms with Crippen LogP contribution in [0.25, 0.3) is 11.0 Å². The van der Waals surface area contributed by atoms with Crippen LogP contribution in [0, 0.1) is 0 Å². The van der Waals surface area contributed by atoms with Gasteiger partial charge < -0.3 is 9.88 Å². The lowest BCUT2D eigenvalue weighted by molar-refractivity contribution is 0.394. The van der Waals surface area contributed by atoms with E-state index in [0.29, 0.717) is 6.04 Å². The lowest BCUT2D eigenvalue weighted by Gasteiger charge is -2.28. The lowest BCUT2D eigenvalue weighted by atomic mass is 9.83. The van der Waals surface area contributed by atoms with E-state index in [-0.39, 0.29) is 5.41 Å². The van der Waals surface area contributed by atoms with E-state index >= 15 is 0 Å². The Morgan fingerprint density at radius 1 is 1.45 bits per heavy atom. The molecular weight excluding hydrogens is 314 g/mol. The molecule has 1 aliphatic heterocycles. The van der Waals surface area contributed by atoms with E-state index < -0.39 is 0 Å². The molecule has 1 fully saturated rings. The molecular formula is C16H22BrN3. The second-order valence-electron chi connectivity index (χ2n) is 6.09. The summed E-state index contributed by atoms with van der Waals surface area (Å²) in [4.78, 5) is 5.01. The third-order valence-corrected chi connectivity index (χ3v) is 5.06. The number of aromatic nitrogens is 2. The predicted octanol–water partition coefficient (Wildman–Crippen LogP) is 4.02. The SMILES string of the molecule is CCC1(c2nc3cc(Br)ccc3n2C(C)C)CCNC1. The number of hydrogen-bond acceptors (Lipinski definition) is 2. The van der Waals surface area contributed by atoms with Crippen LogP contribution in [0.5, 0.6) is 0 Å². The van der Waals surface area contributed by atoms with Crippen molar-refractivity contribution in [1.29, 1.82) is 0 Å². The number of rotatable bonds is 3. The molecule has 1 aromatic heterocycles. The van der Waals surface area contributed by atoms with Crippen molar-refractivity contribution in [2.45, 2.75) is 45.1 Å². The first-order valence-corrected chi connectivity index (χ1v) is 8.25. The molecule has 2 aromatic rings. The van der Waals surface area contributed by atoms with E-state index in [1.807, 2.05) is 0 Å². The van der Waals surface area contributed by atoms with Gasteiger partial charge in [-0.1, -0.05) is 22.9 Å². The molecule has 1 unspecified atom stereocenters. The van der Waals surface area contributed by atoms with Crippen LogP contribution >= 0.6 is 15.9 Å². The van der Waals surface area contributed by atoms with Gasteiger partial charge in [-0.3, -0.25) is 0 Å². The number of nitrogens with zero attached hydrogens (tertiary/aromatic N) is 2. The molecule has 3 nitrogen and oxygen atoms in total. The zero-order valence-corrected chi connectivity index (χ0v) is 14.0. The van der Waals surface area contributed by atoms with E-state index in [0.717, 1.165) is 29.5 Å². The first kappa shape index (κ1) is 14.1. The van der Waals surface area contributed by atoms with Gasteiger partial charge in [0.1, 0.15) is 5.82 Å². The summed E-state index contributed by atoms with van der Waals surface area (Å²) in [6.07, 6.45) is 2.32. The highest BCUT2D eigenvalue weighted by Crippen LogP contribution is 2.37. The van der Waals surface area contributed by atoms with Crippen molar-refractivity contribution in [2.75, 3.05) is 13.1 Å². The van der Waals surface area contributed by atoms with Gasteiger partial charge in [0.15, 0.2) is 0 Å². The van der Waals surface area contributed by atoms with Crippen molar-refractivity contribution in [3.05, 3.63) is 28.5 Å². The van der Waals surface area contributed by atoms with Gasteiger partial charge in [0.25, 0.3) is 0 Å². The molecule has 0 saturated carbocycles. The molecule has 20 heavy (non-hydrogen) atoms. The monoisotopic (exact) mass is 335 g/mol. The van der Waals surface area contributed by atoms with Crippen molar-refractivity contribution < 1.29 is 0 Å². The summed E-state index contributed by atoms with van der Waals surface area (Å²) >= 11 is 3.56. The smallest absolute Gasteiger partial charge is 0.117 e. The van der Waals surface area contributed by atoms with E-state index in [1.54, 1.807) is 0 Å². The molecule has 3 rings (SSSR count). The van der Waals surface area contributed by atoms with E-state index in [4.69, 9.17) is 4.98 Å². The normalized spacial score (nSPS) is 23.1. The third-order valence-electron chi connectivity index (χ3n) is 4.56. The van der Waals surface area contributed by atoms with Gasteiger partial charge in [-0.15, -0.1) is 0 Å². The van der Waals surface area contributed by atoms with Crippen molar-refractivity contribution in [3.8, 4) is 0 Å². The van der Waals surface area contributed by atoms with Crippen LogP contribution < -0.4 is 5.32 Å². The molecule has 0 radical (unpaired) electrons. The first-order valence-electron chi connectivity index (χ1n) is 7.46. The summed E-state index contributed by atoms with van der Waals surface area (Å²) < 4.78 is 3.53. The summed E-state index contributed by atoms with van der Waals surface area (Å²) in [7, 11) is 0. The van der Waals surface area contributed by atoms with Gasteiger partial charge in [-0.25, -0.2) is 4.98 Å². The molecule has 4 heteroatoms. The van der Waals surface area contributed by atoms with Crippen LogP contribution in [0.2, 0.25) is 0 Å². The van der Waals surface area contributed by atoms with Crippen molar-refractivity contribution in [3.63, 3.8) is 0 Å². The van der Waals surface area contributed by atoms with Gasteiger partial charge in [0.2, 0.25) is 0 Å². The number of imidazole rings is 1. The molecule has 1 aliphatic rings. The number of nitrogens with one attached hydrogen (secondary N) is 1. The Hall–Kier alpha value is -0.870. The fourth-order valence-corrected chi connectivity index (χ4v) is 3.71. The highest BCUT2D eigenvalue weighted by Gasteiger charge is 2.38. The van der Waals surface area contributed by atoms with E-state index in [1.165, 1.54) is 17.8 Å². The van der Waals surface area contributed by atoms with Crippen LogP contribution in [0.15, 0.2) is 22.7 Å². The molecule has 1 atom stereocenters. The minimum Gasteiger partial charge on any atom is -0.325 e.